The molecule has 3 atom stereocenters. The summed E-state index contributed by atoms with van der Waals surface area (Å²) in [5, 5.41) is 12.9. The van der Waals surface area contributed by atoms with E-state index in [4.69, 9.17) is 0 Å². The Kier molecular flexibility index (Phi) is 5.60. The number of alkyl halides is 1. The maximum atomic E-state index is 15.2. The molecule has 1 aliphatic rings. The van der Waals surface area contributed by atoms with E-state index in [9.17, 15) is 9.90 Å². The second kappa shape index (κ2) is 8.85. The SMILES string of the molecule is O=C(O)N1CC[C@@H](F)[C@H](Nc2cncc(-c3cnc4ccccn34)n2)C1Cc1ccccc1. The van der Waals surface area contributed by atoms with Crippen molar-refractivity contribution >= 4 is 17.6 Å². The van der Waals surface area contributed by atoms with E-state index in [1.54, 1.807) is 12.4 Å². The standard InChI is InChI=1S/C24H23FN6O2/c25-17-9-11-31(24(32)33)19(12-16-6-2-1-3-7-16)23(17)29-21-15-26-13-18(28-21)20-14-27-22-8-4-5-10-30(20)22/h1-8,10,13-15,17,19,23H,9,11-12H2,(H,28,29)(H,32,33)/t17-,19?,23+/m1/s1. The Balaban J connectivity index is 1.45. The molecule has 4 aromatic rings. The van der Waals surface area contributed by atoms with Crippen molar-refractivity contribution in [3.8, 4) is 11.4 Å². The Hall–Kier alpha value is -4.01. The first-order valence-corrected chi connectivity index (χ1v) is 10.8. The number of nitrogens with one attached hydrogen (secondary N) is 1. The molecule has 168 valence electrons. The number of fused-ring (bicyclic) bond motifs is 1. The molecule has 0 spiro atoms. The number of hydrogen-bond acceptors (Lipinski definition) is 5. The van der Waals surface area contributed by atoms with E-state index in [1.807, 2.05) is 59.1 Å². The fourth-order valence-electron chi connectivity index (χ4n) is 4.41. The van der Waals surface area contributed by atoms with Gasteiger partial charge in [-0.25, -0.2) is 19.2 Å². The first-order valence-electron chi connectivity index (χ1n) is 10.8. The van der Waals surface area contributed by atoms with Gasteiger partial charge >= 0.3 is 6.09 Å². The van der Waals surface area contributed by atoms with Crippen LogP contribution >= 0.6 is 0 Å². The summed E-state index contributed by atoms with van der Waals surface area (Å²) in [5.41, 5.74) is 3.07. The number of pyridine rings is 1. The van der Waals surface area contributed by atoms with Crippen LogP contribution in [-0.2, 0) is 6.42 Å². The number of carbonyl (C=O) groups is 1. The van der Waals surface area contributed by atoms with Gasteiger partial charge in [-0.15, -0.1) is 0 Å². The van der Waals surface area contributed by atoms with Crippen molar-refractivity contribution in [1.29, 1.82) is 0 Å². The summed E-state index contributed by atoms with van der Waals surface area (Å²) >= 11 is 0. The zero-order valence-corrected chi connectivity index (χ0v) is 17.8. The maximum absolute atomic E-state index is 15.2. The average molecular weight is 446 g/mol. The summed E-state index contributed by atoms with van der Waals surface area (Å²) in [4.78, 5) is 26.6. The maximum Gasteiger partial charge on any atom is 0.407 e. The Morgan fingerprint density at radius 1 is 1.12 bits per heavy atom. The molecule has 0 radical (unpaired) electrons. The van der Waals surface area contributed by atoms with Crippen molar-refractivity contribution in [1.82, 2.24) is 24.3 Å². The summed E-state index contributed by atoms with van der Waals surface area (Å²) in [6, 6.07) is 13.9. The van der Waals surface area contributed by atoms with E-state index in [-0.39, 0.29) is 13.0 Å². The second-order valence-electron chi connectivity index (χ2n) is 8.07. The minimum absolute atomic E-state index is 0.121. The lowest BCUT2D eigenvalue weighted by Gasteiger charge is -2.42. The minimum Gasteiger partial charge on any atom is -0.465 e. The predicted octanol–water partition coefficient (Wildman–Crippen LogP) is 3.90. The van der Waals surface area contributed by atoms with Crippen LogP contribution in [0, 0.1) is 0 Å². The molecule has 2 N–H and O–H groups in total. The van der Waals surface area contributed by atoms with Crippen LogP contribution in [0.3, 0.4) is 0 Å². The van der Waals surface area contributed by atoms with E-state index < -0.39 is 24.3 Å². The molecule has 1 saturated heterocycles. The lowest BCUT2D eigenvalue weighted by atomic mass is 9.89. The van der Waals surface area contributed by atoms with Gasteiger partial charge in [-0.3, -0.25) is 9.38 Å². The monoisotopic (exact) mass is 446 g/mol. The third-order valence-corrected chi connectivity index (χ3v) is 6.01. The quantitative estimate of drug-likeness (QED) is 0.483. The molecule has 1 unspecified atom stereocenters. The predicted molar refractivity (Wildman–Crippen MR) is 122 cm³/mol. The first kappa shape index (κ1) is 20.9. The molecule has 33 heavy (non-hydrogen) atoms. The van der Waals surface area contributed by atoms with Gasteiger partial charge in [0.25, 0.3) is 0 Å². The van der Waals surface area contributed by atoms with Crippen molar-refractivity contribution in [2.45, 2.75) is 31.1 Å². The Morgan fingerprint density at radius 2 is 1.94 bits per heavy atom. The molecule has 3 aromatic heterocycles. The molecule has 4 heterocycles. The molecule has 1 aliphatic heterocycles. The third-order valence-electron chi connectivity index (χ3n) is 6.01. The highest BCUT2D eigenvalue weighted by molar-refractivity contribution is 5.66. The van der Waals surface area contributed by atoms with Crippen molar-refractivity contribution in [3.63, 3.8) is 0 Å². The molecular formula is C24H23FN6O2. The highest BCUT2D eigenvalue weighted by Gasteiger charge is 2.41. The molecule has 8 nitrogen and oxygen atoms in total. The second-order valence-corrected chi connectivity index (χ2v) is 8.07. The van der Waals surface area contributed by atoms with Crippen LogP contribution in [0.15, 0.2) is 73.3 Å². The Morgan fingerprint density at radius 3 is 2.76 bits per heavy atom. The lowest BCUT2D eigenvalue weighted by molar-refractivity contribution is 0.0687. The number of hydrogen-bond donors (Lipinski definition) is 2. The average Bonchev–Trinajstić information content (AvgIpc) is 3.26. The number of halogens is 1. The molecule has 0 bridgehead atoms. The summed E-state index contributed by atoms with van der Waals surface area (Å²) in [5.74, 6) is 0.385. The van der Waals surface area contributed by atoms with Gasteiger partial charge in [0.1, 0.15) is 23.3 Å². The molecule has 5 rings (SSSR count). The number of imidazole rings is 1. The fourth-order valence-corrected chi connectivity index (χ4v) is 4.41. The Bertz CT molecular complexity index is 1260. The van der Waals surface area contributed by atoms with Crippen LogP contribution in [0.1, 0.15) is 12.0 Å². The largest absolute Gasteiger partial charge is 0.465 e. The number of nitrogens with zero attached hydrogens (tertiary/aromatic N) is 5. The van der Waals surface area contributed by atoms with Gasteiger partial charge in [-0.05, 0) is 30.5 Å². The number of likely N-dealkylation sites (tertiary alicyclic amines) is 1. The van der Waals surface area contributed by atoms with E-state index >= 15 is 4.39 Å². The summed E-state index contributed by atoms with van der Waals surface area (Å²) in [6.45, 7) is 0.152. The third kappa shape index (κ3) is 4.21. The molecule has 0 saturated carbocycles. The minimum atomic E-state index is -1.23. The summed E-state index contributed by atoms with van der Waals surface area (Å²) < 4.78 is 17.1. The number of carboxylic acid groups (broad SMARTS) is 1. The number of amides is 1. The topological polar surface area (TPSA) is 95.7 Å². The van der Waals surface area contributed by atoms with Crippen LogP contribution in [0.25, 0.3) is 17.0 Å². The normalized spacial score (nSPS) is 20.6. The zero-order valence-electron chi connectivity index (χ0n) is 17.8. The van der Waals surface area contributed by atoms with Crippen molar-refractivity contribution in [2.24, 2.45) is 0 Å². The van der Waals surface area contributed by atoms with Crippen LogP contribution in [-0.4, -0.2) is 60.3 Å². The van der Waals surface area contributed by atoms with Crippen molar-refractivity contribution in [3.05, 3.63) is 78.9 Å². The molecule has 9 heteroatoms. The molecule has 1 aromatic carbocycles. The van der Waals surface area contributed by atoms with E-state index in [0.717, 1.165) is 16.9 Å². The first-order chi connectivity index (χ1) is 16.1. The molecule has 1 fully saturated rings. The number of benzene rings is 1. The Labute approximate surface area is 189 Å². The van der Waals surface area contributed by atoms with Crippen LogP contribution < -0.4 is 5.32 Å². The van der Waals surface area contributed by atoms with Crippen molar-refractivity contribution < 1.29 is 14.3 Å². The number of aromatic nitrogens is 4. The number of anilines is 1. The van der Waals surface area contributed by atoms with Gasteiger partial charge in [0.15, 0.2) is 0 Å². The smallest absolute Gasteiger partial charge is 0.407 e. The van der Waals surface area contributed by atoms with Gasteiger partial charge in [0, 0.05) is 12.7 Å². The fraction of sp³-hybridized carbons (Fsp3) is 0.250. The molecule has 1 amide bonds. The van der Waals surface area contributed by atoms with Gasteiger partial charge in [0.2, 0.25) is 0 Å². The summed E-state index contributed by atoms with van der Waals surface area (Å²) in [7, 11) is 0. The highest BCUT2D eigenvalue weighted by Crippen LogP contribution is 2.27. The summed E-state index contributed by atoms with van der Waals surface area (Å²) in [6.07, 6.45) is 4.99. The van der Waals surface area contributed by atoms with E-state index in [0.29, 0.717) is 17.9 Å². The van der Waals surface area contributed by atoms with Crippen LogP contribution in [0.5, 0.6) is 0 Å². The van der Waals surface area contributed by atoms with Crippen LogP contribution in [0.4, 0.5) is 15.0 Å². The highest BCUT2D eigenvalue weighted by atomic mass is 19.1. The van der Waals surface area contributed by atoms with Gasteiger partial charge in [0.05, 0.1) is 36.4 Å². The molecule has 0 aliphatic carbocycles. The lowest BCUT2D eigenvalue weighted by Crippen LogP contribution is -2.59. The van der Waals surface area contributed by atoms with E-state index in [1.165, 1.54) is 11.1 Å². The zero-order chi connectivity index (χ0) is 22.8. The van der Waals surface area contributed by atoms with E-state index in [2.05, 4.69) is 20.3 Å². The number of piperidine rings is 1. The molecular weight excluding hydrogens is 423 g/mol. The van der Waals surface area contributed by atoms with Gasteiger partial charge in [-0.2, -0.15) is 0 Å². The van der Waals surface area contributed by atoms with Gasteiger partial charge < -0.3 is 15.3 Å². The van der Waals surface area contributed by atoms with Crippen LogP contribution in [0.2, 0.25) is 0 Å². The van der Waals surface area contributed by atoms with Gasteiger partial charge in [-0.1, -0.05) is 36.4 Å². The van der Waals surface area contributed by atoms with Crippen molar-refractivity contribution in [2.75, 3.05) is 11.9 Å². The number of rotatable bonds is 5.